The van der Waals surface area contributed by atoms with E-state index in [0.29, 0.717) is 11.3 Å². The normalized spacial score (nSPS) is 11.9. The molecular weight excluding hydrogens is 620 g/mol. The van der Waals surface area contributed by atoms with Gasteiger partial charge in [-0.15, -0.1) is 0 Å². The molecule has 0 N–H and O–H groups in total. The van der Waals surface area contributed by atoms with Gasteiger partial charge in [0.2, 0.25) is 0 Å². The fourth-order valence-electron chi connectivity index (χ4n) is 6.24. The van der Waals surface area contributed by atoms with E-state index in [-0.39, 0.29) is 18.0 Å². The number of rotatable bonds is 22. The summed E-state index contributed by atoms with van der Waals surface area (Å²) in [6.07, 6.45) is 16.4. The van der Waals surface area contributed by atoms with Crippen molar-refractivity contribution >= 4 is 22.7 Å². The number of carbonyl (C=O) groups excluding carboxylic acids is 2. The number of benzene rings is 4. The van der Waals surface area contributed by atoms with E-state index < -0.39 is 5.97 Å². The maximum atomic E-state index is 13.0. The highest BCUT2D eigenvalue weighted by molar-refractivity contribution is 5.93. The average Bonchev–Trinajstić information content (AvgIpc) is 3.15. The predicted molar refractivity (Wildman–Crippen MR) is 206 cm³/mol. The second-order valence-electron chi connectivity index (χ2n) is 13.6. The number of unbranched alkanes of at least 4 members (excludes halogenated alkanes) is 9. The minimum atomic E-state index is -0.408. The molecule has 0 heterocycles. The number of carbonyl (C=O) groups is 2. The maximum absolute atomic E-state index is 13.0. The Morgan fingerprint density at radius 2 is 1.12 bits per heavy atom. The van der Waals surface area contributed by atoms with Crippen LogP contribution in [0.3, 0.4) is 0 Å². The second kappa shape index (κ2) is 21.2. The van der Waals surface area contributed by atoms with E-state index in [0.717, 1.165) is 84.8 Å². The summed E-state index contributed by atoms with van der Waals surface area (Å²) >= 11 is 0. The molecule has 1 atom stereocenters. The van der Waals surface area contributed by atoms with Crippen molar-refractivity contribution in [1.29, 1.82) is 0 Å². The van der Waals surface area contributed by atoms with Gasteiger partial charge in [-0.1, -0.05) is 140 Å². The van der Waals surface area contributed by atoms with E-state index in [2.05, 4.69) is 32.9 Å². The van der Waals surface area contributed by atoms with Gasteiger partial charge in [-0.3, -0.25) is 4.79 Å². The molecule has 0 bridgehead atoms. The van der Waals surface area contributed by atoms with Gasteiger partial charge in [0.25, 0.3) is 0 Å². The lowest BCUT2D eigenvalue weighted by molar-refractivity contribution is -0.151. The topological polar surface area (TPSA) is 61.8 Å². The molecular formula is C45H58O5. The smallest absolute Gasteiger partial charge is 0.343 e. The van der Waals surface area contributed by atoms with Crippen LogP contribution in [0.4, 0.5) is 0 Å². The molecule has 50 heavy (non-hydrogen) atoms. The van der Waals surface area contributed by atoms with Gasteiger partial charge in [0.05, 0.1) is 18.1 Å². The number of esters is 2. The van der Waals surface area contributed by atoms with Crippen LogP contribution in [0.15, 0.2) is 84.9 Å². The molecule has 4 aromatic rings. The largest absolute Gasteiger partial charge is 0.494 e. The Hall–Kier alpha value is -4.12. The zero-order valence-electron chi connectivity index (χ0n) is 30.9. The Bertz CT molecular complexity index is 1580. The van der Waals surface area contributed by atoms with Crippen LogP contribution in [0.2, 0.25) is 0 Å². The fourth-order valence-corrected chi connectivity index (χ4v) is 6.24. The van der Waals surface area contributed by atoms with Gasteiger partial charge in [-0.2, -0.15) is 0 Å². The zero-order valence-corrected chi connectivity index (χ0v) is 30.9. The first-order chi connectivity index (χ1) is 24.4. The van der Waals surface area contributed by atoms with E-state index in [1.165, 1.54) is 44.9 Å². The van der Waals surface area contributed by atoms with E-state index in [1.807, 2.05) is 61.5 Å². The van der Waals surface area contributed by atoms with E-state index in [4.69, 9.17) is 14.2 Å². The quantitative estimate of drug-likeness (QED) is 0.0470. The van der Waals surface area contributed by atoms with Crippen LogP contribution in [0.1, 0.15) is 139 Å². The molecule has 0 fully saturated rings. The Kier molecular flexibility index (Phi) is 16.4. The van der Waals surface area contributed by atoms with Crippen LogP contribution >= 0.6 is 0 Å². The van der Waals surface area contributed by atoms with Gasteiger partial charge in [0.1, 0.15) is 17.6 Å². The van der Waals surface area contributed by atoms with Crippen LogP contribution in [0.25, 0.3) is 21.9 Å². The number of hydrogen-bond donors (Lipinski definition) is 0. The molecule has 0 aliphatic heterocycles. The van der Waals surface area contributed by atoms with Crippen molar-refractivity contribution in [3.63, 3.8) is 0 Å². The first-order valence-electron chi connectivity index (χ1n) is 19.2. The van der Waals surface area contributed by atoms with Crippen molar-refractivity contribution in [2.45, 2.75) is 130 Å². The van der Waals surface area contributed by atoms with Gasteiger partial charge in [0.15, 0.2) is 0 Å². The molecule has 4 rings (SSSR count). The van der Waals surface area contributed by atoms with Gasteiger partial charge in [-0.05, 0) is 90.0 Å². The van der Waals surface area contributed by atoms with Gasteiger partial charge in [0, 0.05) is 0 Å². The third kappa shape index (κ3) is 12.3. The molecule has 0 saturated carbocycles. The van der Waals surface area contributed by atoms with Crippen LogP contribution < -0.4 is 9.47 Å². The molecule has 0 radical (unpaired) electrons. The molecule has 0 aliphatic carbocycles. The van der Waals surface area contributed by atoms with Crippen molar-refractivity contribution in [3.8, 4) is 22.6 Å². The summed E-state index contributed by atoms with van der Waals surface area (Å²) in [5.74, 6) is 0.419. The summed E-state index contributed by atoms with van der Waals surface area (Å²) in [7, 11) is 0. The molecule has 0 unspecified atom stereocenters. The highest BCUT2D eigenvalue weighted by Gasteiger charge is 2.21. The Balaban J connectivity index is 1.27. The van der Waals surface area contributed by atoms with Gasteiger partial charge < -0.3 is 14.2 Å². The third-order valence-corrected chi connectivity index (χ3v) is 9.52. The SMILES string of the molecule is CCCCCCCCCCOc1ccc(-c2ccc(C(=O)Oc3ccc4cc([C@H](C)C(=O)OC(CCCC)CCCC)ccc4c3)cc2)cc1. The van der Waals surface area contributed by atoms with E-state index in [9.17, 15) is 9.59 Å². The second-order valence-corrected chi connectivity index (χ2v) is 13.6. The first kappa shape index (κ1) is 38.7. The lowest BCUT2D eigenvalue weighted by atomic mass is 9.97. The zero-order chi connectivity index (χ0) is 35.6. The van der Waals surface area contributed by atoms with Crippen molar-refractivity contribution < 1.29 is 23.8 Å². The third-order valence-electron chi connectivity index (χ3n) is 9.52. The highest BCUT2D eigenvalue weighted by Crippen LogP contribution is 2.28. The van der Waals surface area contributed by atoms with Gasteiger partial charge >= 0.3 is 11.9 Å². The standard InChI is InChI=1S/C45H58O5/c1-5-8-11-12-13-14-15-16-31-48-41-28-25-36(26-29-41)35-19-21-37(22-20-35)45(47)50-43-30-27-39-32-38(23-24-40(39)33-43)34(4)44(46)49-42(17-9-6-2)18-10-7-3/h19-30,32-34,42H,5-18,31H2,1-4H3/t34-/m0/s1. The summed E-state index contributed by atoms with van der Waals surface area (Å²) < 4.78 is 17.7. The van der Waals surface area contributed by atoms with Gasteiger partial charge in [-0.25, -0.2) is 4.79 Å². The average molecular weight is 679 g/mol. The lowest BCUT2D eigenvalue weighted by Gasteiger charge is -2.20. The monoisotopic (exact) mass is 678 g/mol. The summed E-state index contributed by atoms with van der Waals surface area (Å²) in [6.45, 7) is 9.23. The summed E-state index contributed by atoms with van der Waals surface area (Å²) in [5, 5.41) is 1.91. The van der Waals surface area contributed by atoms with Crippen LogP contribution in [-0.2, 0) is 9.53 Å². The van der Waals surface area contributed by atoms with Crippen LogP contribution in [-0.4, -0.2) is 24.6 Å². The van der Waals surface area contributed by atoms with Crippen molar-refractivity contribution in [3.05, 3.63) is 96.1 Å². The van der Waals surface area contributed by atoms with E-state index in [1.54, 1.807) is 18.2 Å². The lowest BCUT2D eigenvalue weighted by Crippen LogP contribution is -2.22. The number of fused-ring (bicyclic) bond motifs is 1. The summed E-state index contributed by atoms with van der Waals surface area (Å²) in [6, 6.07) is 27.1. The predicted octanol–water partition coefficient (Wildman–Crippen LogP) is 12.6. The van der Waals surface area contributed by atoms with Crippen LogP contribution in [0.5, 0.6) is 11.5 Å². The van der Waals surface area contributed by atoms with Crippen molar-refractivity contribution in [2.75, 3.05) is 6.61 Å². The molecule has 0 saturated heterocycles. The molecule has 4 aromatic carbocycles. The molecule has 0 spiro atoms. The molecule has 0 aliphatic rings. The Labute approximate surface area is 300 Å². The minimum Gasteiger partial charge on any atom is -0.494 e. The molecule has 0 amide bonds. The Morgan fingerprint density at radius 3 is 1.76 bits per heavy atom. The van der Waals surface area contributed by atoms with E-state index >= 15 is 0 Å². The summed E-state index contributed by atoms with van der Waals surface area (Å²) in [4.78, 5) is 26.1. The molecule has 5 heteroatoms. The highest BCUT2D eigenvalue weighted by atomic mass is 16.5. The molecule has 5 nitrogen and oxygen atoms in total. The Morgan fingerprint density at radius 1 is 0.580 bits per heavy atom. The molecule has 268 valence electrons. The van der Waals surface area contributed by atoms with Crippen LogP contribution in [0, 0.1) is 0 Å². The van der Waals surface area contributed by atoms with Crippen molar-refractivity contribution in [1.82, 2.24) is 0 Å². The minimum absolute atomic E-state index is 0.0144. The first-order valence-corrected chi connectivity index (χ1v) is 19.2. The fraction of sp³-hybridized carbons (Fsp3) is 0.467. The number of hydrogen-bond acceptors (Lipinski definition) is 5. The van der Waals surface area contributed by atoms with Crippen molar-refractivity contribution in [2.24, 2.45) is 0 Å². The summed E-state index contributed by atoms with van der Waals surface area (Å²) in [5.41, 5.74) is 3.48. The maximum Gasteiger partial charge on any atom is 0.343 e. The number of ether oxygens (including phenoxy) is 3. The molecule has 0 aromatic heterocycles.